The van der Waals surface area contributed by atoms with Crippen LogP contribution in [-0.4, -0.2) is 36.5 Å². The summed E-state index contributed by atoms with van der Waals surface area (Å²) in [6.07, 6.45) is 1.35. The Morgan fingerprint density at radius 3 is 2.59 bits per heavy atom. The van der Waals surface area contributed by atoms with Crippen molar-refractivity contribution in [2.24, 2.45) is 0 Å². The fourth-order valence-electron chi connectivity index (χ4n) is 2.25. The van der Waals surface area contributed by atoms with Crippen molar-refractivity contribution < 1.29 is 0 Å². The Labute approximate surface area is 109 Å². The molecule has 1 aromatic carbocycles. The summed E-state index contributed by atoms with van der Waals surface area (Å²) in [5, 5.41) is 3.18. The first kappa shape index (κ1) is 12.9. The van der Waals surface area contributed by atoms with Gasteiger partial charge in [-0.2, -0.15) is 11.8 Å². The lowest BCUT2D eigenvalue weighted by molar-refractivity contribution is 0.254. The summed E-state index contributed by atoms with van der Waals surface area (Å²) in [7, 11) is 4.23. The molecule has 3 heteroatoms. The molecule has 1 aliphatic heterocycles. The average Bonchev–Trinajstić information content (AvgIpc) is 2.86. The van der Waals surface area contributed by atoms with E-state index in [4.69, 9.17) is 0 Å². The molecule has 2 rings (SSSR count). The largest absolute Gasteiger partial charge is 0.316 e. The topological polar surface area (TPSA) is 15.3 Å². The van der Waals surface area contributed by atoms with Crippen LogP contribution in [0, 0.1) is 0 Å². The third-order valence-electron chi connectivity index (χ3n) is 3.36. The second kappa shape index (κ2) is 6.43. The van der Waals surface area contributed by atoms with Crippen molar-refractivity contribution >= 4 is 11.8 Å². The van der Waals surface area contributed by atoms with Crippen molar-refractivity contribution in [1.82, 2.24) is 10.2 Å². The van der Waals surface area contributed by atoms with Crippen LogP contribution < -0.4 is 5.32 Å². The van der Waals surface area contributed by atoms with Crippen molar-refractivity contribution in [3.05, 3.63) is 35.4 Å². The SMILES string of the molecule is CNCc1ccc(CN(C)C2CCSC2)cc1. The summed E-state index contributed by atoms with van der Waals surface area (Å²) in [4.78, 5) is 2.49. The molecule has 0 bridgehead atoms. The minimum absolute atomic E-state index is 0.775. The van der Waals surface area contributed by atoms with E-state index in [1.165, 1.54) is 29.1 Å². The van der Waals surface area contributed by atoms with E-state index in [2.05, 4.69) is 53.3 Å². The summed E-state index contributed by atoms with van der Waals surface area (Å²) in [5.41, 5.74) is 2.78. The van der Waals surface area contributed by atoms with Crippen molar-refractivity contribution in [2.75, 3.05) is 25.6 Å². The van der Waals surface area contributed by atoms with E-state index in [1.54, 1.807) is 0 Å². The monoisotopic (exact) mass is 250 g/mol. The number of benzene rings is 1. The molecule has 1 aromatic rings. The van der Waals surface area contributed by atoms with Crippen LogP contribution in [0.3, 0.4) is 0 Å². The molecular weight excluding hydrogens is 228 g/mol. The highest BCUT2D eigenvalue weighted by Crippen LogP contribution is 2.22. The molecule has 2 nitrogen and oxygen atoms in total. The number of thioether (sulfide) groups is 1. The maximum atomic E-state index is 3.18. The van der Waals surface area contributed by atoms with E-state index in [0.717, 1.165) is 19.1 Å². The molecule has 1 N–H and O–H groups in total. The van der Waals surface area contributed by atoms with Gasteiger partial charge in [0.2, 0.25) is 0 Å². The lowest BCUT2D eigenvalue weighted by Crippen LogP contribution is -2.30. The van der Waals surface area contributed by atoms with Crippen LogP contribution >= 0.6 is 11.8 Å². The molecular formula is C14H22N2S. The third-order valence-corrected chi connectivity index (χ3v) is 4.51. The Bertz CT molecular complexity index is 331. The van der Waals surface area contributed by atoms with Gasteiger partial charge in [-0.25, -0.2) is 0 Å². The Morgan fingerprint density at radius 1 is 1.29 bits per heavy atom. The van der Waals surface area contributed by atoms with Crippen LogP contribution in [0.25, 0.3) is 0 Å². The molecule has 0 radical (unpaired) electrons. The Hall–Kier alpha value is -0.510. The molecule has 1 unspecified atom stereocenters. The highest BCUT2D eigenvalue weighted by atomic mass is 32.2. The number of rotatable bonds is 5. The van der Waals surface area contributed by atoms with Gasteiger partial charge in [-0.05, 0) is 37.4 Å². The van der Waals surface area contributed by atoms with Gasteiger partial charge >= 0.3 is 0 Å². The smallest absolute Gasteiger partial charge is 0.0233 e. The highest BCUT2D eigenvalue weighted by molar-refractivity contribution is 7.99. The minimum Gasteiger partial charge on any atom is -0.316 e. The van der Waals surface area contributed by atoms with Crippen LogP contribution in [0.1, 0.15) is 17.5 Å². The first-order valence-electron chi connectivity index (χ1n) is 6.30. The van der Waals surface area contributed by atoms with Gasteiger partial charge in [0.15, 0.2) is 0 Å². The summed E-state index contributed by atoms with van der Waals surface area (Å²) >= 11 is 2.08. The average molecular weight is 250 g/mol. The fraction of sp³-hybridized carbons (Fsp3) is 0.571. The van der Waals surface area contributed by atoms with Gasteiger partial charge in [0.05, 0.1) is 0 Å². The Morgan fingerprint density at radius 2 is 2.00 bits per heavy atom. The van der Waals surface area contributed by atoms with Crippen LogP contribution in [0.5, 0.6) is 0 Å². The van der Waals surface area contributed by atoms with Crippen molar-refractivity contribution in [1.29, 1.82) is 0 Å². The van der Waals surface area contributed by atoms with E-state index in [0.29, 0.717) is 0 Å². The third kappa shape index (κ3) is 3.73. The van der Waals surface area contributed by atoms with E-state index in [9.17, 15) is 0 Å². The molecule has 0 spiro atoms. The van der Waals surface area contributed by atoms with Gasteiger partial charge in [-0.15, -0.1) is 0 Å². The molecule has 0 saturated carbocycles. The quantitative estimate of drug-likeness (QED) is 0.863. The zero-order valence-corrected chi connectivity index (χ0v) is 11.6. The second-order valence-electron chi connectivity index (χ2n) is 4.78. The molecule has 0 amide bonds. The summed E-state index contributed by atoms with van der Waals surface area (Å²) in [6, 6.07) is 9.74. The first-order chi connectivity index (χ1) is 8.29. The predicted molar refractivity (Wildman–Crippen MR) is 76.4 cm³/mol. The number of hydrogen-bond acceptors (Lipinski definition) is 3. The molecule has 1 aliphatic rings. The summed E-state index contributed by atoms with van der Waals surface area (Å²) in [5.74, 6) is 2.63. The second-order valence-corrected chi connectivity index (χ2v) is 5.93. The summed E-state index contributed by atoms with van der Waals surface area (Å²) in [6.45, 7) is 2.03. The Balaban J connectivity index is 1.89. The lowest BCUT2D eigenvalue weighted by atomic mass is 10.1. The minimum atomic E-state index is 0.775. The van der Waals surface area contributed by atoms with Gasteiger partial charge in [-0.1, -0.05) is 24.3 Å². The van der Waals surface area contributed by atoms with Gasteiger partial charge < -0.3 is 5.32 Å². The van der Waals surface area contributed by atoms with E-state index >= 15 is 0 Å². The molecule has 94 valence electrons. The van der Waals surface area contributed by atoms with E-state index in [-0.39, 0.29) is 0 Å². The van der Waals surface area contributed by atoms with Crippen molar-refractivity contribution in [3.63, 3.8) is 0 Å². The summed E-state index contributed by atoms with van der Waals surface area (Å²) < 4.78 is 0. The standard InChI is InChI=1S/C14H22N2S/c1-15-9-12-3-5-13(6-4-12)10-16(2)14-7-8-17-11-14/h3-6,14-15H,7-11H2,1-2H3. The zero-order chi connectivity index (χ0) is 12.1. The predicted octanol–water partition coefficient (Wildman–Crippen LogP) is 2.34. The zero-order valence-electron chi connectivity index (χ0n) is 10.8. The van der Waals surface area contributed by atoms with Crippen LogP contribution in [0.2, 0.25) is 0 Å². The number of nitrogens with zero attached hydrogens (tertiary/aromatic N) is 1. The molecule has 0 aliphatic carbocycles. The molecule has 17 heavy (non-hydrogen) atoms. The maximum Gasteiger partial charge on any atom is 0.0233 e. The molecule has 1 fully saturated rings. The lowest BCUT2D eigenvalue weighted by Gasteiger charge is -2.23. The van der Waals surface area contributed by atoms with Gasteiger partial charge in [0.1, 0.15) is 0 Å². The molecule has 1 heterocycles. The molecule has 1 saturated heterocycles. The highest BCUT2D eigenvalue weighted by Gasteiger charge is 2.19. The normalized spacial score (nSPS) is 20.1. The van der Waals surface area contributed by atoms with Crippen LogP contribution in [0.4, 0.5) is 0 Å². The van der Waals surface area contributed by atoms with Crippen LogP contribution in [0.15, 0.2) is 24.3 Å². The fourth-order valence-corrected chi connectivity index (χ4v) is 3.55. The molecule has 0 aromatic heterocycles. The van der Waals surface area contributed by atoms with Crippen molar-refractivity contribution in [3.8, 4) is 0 Å². The Kier molecular flexibility index (Phi) is 4.89. The molecule has 1 atom stereocenters. The van der Waals surface area contributed by atoms with Gasteiger partial charge in [-0.3, -0.25) is 4.90 Å². The number of hydrogen-bond donors (Lipinski definition) is 1. The van der Waals surface area contributed by atoms with E-state index < -0.39 is 0 Å². The van der Waals surface area contributed by atoms with Gasteiger partial charge in [0.25, 0.3) is 0 Å². The number of nitrogens with one attached hydrogen (secondary N) is 1. The van der Waals surface area contributed by atoms with Crippen LogP contribution in [-0.2, 0) is 13.1 Å². The maximum absolute atomic E-state index is 3.18. The van der Waals surface area contributed by atoms with E-state index in [1.807, 2.05) is 7.05 Å². The van der Waals surface area contributed by atoms with Gasteiger partial charge in [0, 0.05) is 24.9 Å². The first-order valence-corrected chi connectivity index (χ1v) is 7.45. The van der Waals surface area contributed by atoms with Crippen molar-refractivity contribution in [2.45, 2.75) is 25.6 Å².